The molecule has 1 amide bonds. The number of nitrogens with two attached hydrogens (primary N) is 1. The summed E-state index contributed by atoms with van der Waals surface area (Å²) in [5.74, 6) is 0.0944. The van der Waals surface area contributed by atoms with Gasteiger partial charge in [0.05, 0.1) is 19.3 Å². The molecule has 0 fully saturated rings. The number of aliphatic hydroxyl groups is 1. The van der Waals surface area contributed by atoms with Crippen molar-refractivity contribution >= 4 is 17.2 Å². The minimum Gasteiger partial charge on any atom is -0.491 e. The van der Waals surface area contributed by atoms with Crippen LogP contribution in [0.2, 0.25) is 0 Å². The lowest BCUT2D eigenvalue weighted by atomic mass is 10.1. The summed E-state index contributed by atoms with van der Waals surface area (Å²) in [6.45, 7) is 4.64. The molecule has 24 heavy (non-hydrogen) atoms. The van der Waals surface area contributed by atoms with Crippen LogP contribution < -0.4 is 10.5 Å². The molecule has 0 saturated carbocycles. The number of rotatable bonds is 9. The molecule has 0 saturated heterocycles. The van der Waals surface area contributed by atoms with Crippen LogP contribution in [0.4, 0.5) is 0 Å². The number of benzene rings is 1. The summed E-state index contributed by atoms with van der Waals surface area (Å²) in [5.41, 5.74) is 6.76. The molecule has 2 rings (SSSR count). The zero-order valence-electron chi connectivity index (χ0n) is 14.0. The van der Waals surface area contributed by atoms with E-state index < -0.39 is 5.91 Å². The number of hydrogen-bond donors (Lipinski definition) is 2. The third kappa shape index (κ3) is 5.06. The van der Waals surface area contributed by atoms with Gasteiger partial charge in [0.15, 0.2) is 0 Å². The van der Waals surface area contributed by atoms with E-state index in [1.54, 1.807) is 23.5 Å². The van der Waals surface area contributed by atoms with Gasteiger partial charge in [0.2, 0.25) is 5.91 Å². The topological polar surface area (TPSA) is 81.8 Å². The van der Waals surface area contributed by atoms with Crippen LogP contribution in [0.15, 0.2) is 30.3 Å². The number of aryl methyl sites for hydroxylation is 1. The van der Waals surface area contributed by atoms with E-state index in [1.165, 1.54) is 4.88 Å². The van der Waals surface area contributed by atoms with Gasteiger partial charge in [-0.25, -0.2) is 0 Å². The van der Waals surface area contributed by atoms with Crippen molar-refractivity contribution in [2.45, 2.75) is 26.4 Å². The summed E-state index contributed by atoms with van der Waals surface area (Å²) in [5, 5.41) is 8.84. The lowest BCUT2D eigenvalue weighted by molar-refractivity contribution is 0.000996. The van der Waals surface area contributed by atoms with E-state index in [-0.39, 0.29) is 19.3 Å². The molecule has 5 nitrogen and oxygen atoms in total. The van der Waals surface area contributed by atoms with Crippen LogP contribution in [0.3, 0.4) is 0 Å². The normalized spacial score (nSPS) is 12.1. The molecule has 1 atom stereocenters. The quantitative estimate of drug-likeness (QED) is 0.729. The molecule has 0 aliphatic rings. The molecule has 1 aromatic carbocycles. The van der Waals surface area contributed by atoms with Gasteiger partial charge in [0.1, 0.15) is 12.4 Å². The highest BCUT2D eigenvalue weighted by molar-refractivity contribution is 7.15. The smallest absolute Gasteiger partial charge is 0.248 e. The largest absolute Gasteiger partial charge is 0.491 e. The van der Waals surface area contributed by atoms with Crippen LogP contribution >= 0.6 is 11.3 Å². The van der Waals surface area contributed by atoms with Crippen molar-refractivity contribution in [3.05, 3.63) is 40.8 Å². The predicted molar refractivity (Wildman–Crippen MR) is 95.6 cm³/mol. The number of ether oxygens (including phenoxy) is 2. The molecule has 1 heterocycles. The molecule has 2 aromatic rings. The molecule has 0 unspecified atom stereocenters. The average Bonchev–Trinajstić information content (AvgIpc) is 3.01. The third-order valence-electron chi connectivity index (χ3n) is 3.55. The molecule has 130 valence electrons. The van der Waals surface area contributed by atoms with E-state index in [0.717, 1.165) is 16.9 Å². The molecule has 0 spiro atoms. The number of amides is 1. The molecular formula is C18H23NO4S. The van der Waals surface area contributed by atoms with Gasteiger partial charge < -0.3 is 20.3 Å². The second-order valence-corrected chi connectivity index (χ2v) is 6.74. The summed E-state index contributed by atoms with van der Waals surface area (Å²) in [4.78, 5) is 13.8. The maximum absolute atomic E-state index is 11.6. The Bertz CT molecular complexity index is 683. The summed E-state index contributed by atoms with van der Waals surface area (Å²) in [7, 11) is 0. The summed E-state index contributed by atoms with van der Waals surface area (Å²) < 4.78 is 11.3. The maximum Gasteiger partial charge on any atom is 0.248 e. The van der Waals surface area contributed by atoms with Crippen molar-refractivity contribution in [1.82, 2.24) is 0 Å². The van der Waals surface area contributed by atoms with E-state index in [1.807, 2.05) is 32.0 Å². The lowest BCUT2D eigenvalue weighted by Gasteiger charge is -2.17. The number of carbonyl (C=O) groups is 1. The first-order chi connectivity index (χ1) is 11.5. The number of carbonyl (C=O) groups excluding carboxylic acids is 1. The fourth-order valence-electron chi connectivity index (χ4n) is 2.25. The Morgan fingerprint density at radius 1 is 1.33 bits per heavy atom. The summed E-state index contributed by atoms with van der Waals surface area (Å²) >= 11 is 1.65. The van der Waals surface area contributed by atoms with Crippen LogP contribution in [0, 0.1) is 6.92 Å². The van der Waals surface area contributed by atoms with Crippen LogP contribution in [-0.2, 0) is 4.74 Å². The van der Waals surface area contributed by atoms with Gasteiger partial charge >= 0.3 is 0 Å². The highest BCUT2D eigenvalue weighted by Crippen LogP contribution is 2.31. The highest BCUT2D eigenvalue weighted by Gasteiger charge is 2.12. The number of thiophene rings is 1. The Morgan fingerprint density at radius 3 is 2.71 bits per heavy atom. The standard InChI is InChI=1S/C18H23NO4S/c1-3-15(22-7-6-20)11-23-16-9-13(8-14(10-16)18(19)21)17-5-4-12(2)24-17/h4-5,8-10,15,20H,3,6-7,11H2,1-2H3,(H2,19,21)/t15-/m1/s1. The Morgan fingerprint density at radius 2 is 2.12 bits per heavy atom. The van der Waals surface area contributed by atoms with Crippen LogP contribution in [0.5, 0.6) is 5.75 Å². The third-order valence-corrected chi connectivity index (χ3v) is 4.60. The molecule has 0 aliphatic heterocycles. The second-order valence-electron chi connectivity index (χ2n) is 5.46. The van der Waals surface area contributed by atoms with E-state index in [9.17, 15) is 4.79 Å². The van der Waals surface area contributed by atoms with Gasteiger partial charge in [-0.3, -0.25) is 4.79 Å². The van der Waals surface area contributed by atoms with E-state index in [4.69, 9.17) is 20.3 Å². The van der Waals surface area contributed by atoms with Crippen LogP contribution in [0.1, 0.15) is 28.6 Å². The first-order valence-corrected chi connectivity index (χ1v) is 8.72. The number of hydrogen-bond acceptors (Lipinski definition) is 5. The summed E-state index contributed by atoms with van der Waals surface area (Å²) in [6.07, 6.45) is 0.661. The van der Waals surface area contributed by atoms with Crippen molar-refractivity contribution in [3.8, 4) is 16.2 Å². The minimum absolute atomic E-state index is 0.0183. The van der Waals surface area contributed by atoms with Crippen molar-refractivity contribution in [1.29, 1.82) is 0 Å². The van der Waals surface area contributed by atoms with E-state index >= 15 is 0 Å². The average molecular weight is 349 g/mol. The number of aliphatic hydroxyl groups excluding tert-OH is 1. The molecule has 0 aliphatic carbocycles. The van der Waals surface area contributed by atoms with Crippen molar-refractivity contribution in [2.24, 2.45) is 5.73 Å². The Kier molecular flexibility index (Phi) is 6.78. The maximum atomic E-state index is 11.6. The molecule has 0 radical (unpaired) electrons. The van der Waals surface area contributed by atoms with Crippen molar-refractivity contribution in [3.63, 3.8) is 0 Å². The number of primary amides is 1. The molecular weight excluding hydrogens is 326 g/mol. The van der Waals surface area contributed by atoms with Gasteiger partial charge in [0, 0.05) is 15.3 Å². The Hall–Kier alpha value is -1.89. The van der Waals surface area contributed by atoms with Crippen molar-refractivity contribution < 1.29 is 19.4 Å². The van der Waals surface area contributed by atoms with Gasteiger partial charge in [-0.1, -0.05) is 6.92 Å². The highest BCUT2D eigenvalue weighted by atomic mass is 32.1. The Labute approximate surface area is 146 Å². The summed E-state index contributed by atoms with van der Waals surface area (Å²) in [6, 6.07) is 9.37. The zero-order valence-corrected chi connectivity index (χ0v) is 14.8. The minimum atomic E-state index is -0.487. The first-order valence-electron chi connectivity index (χ1n) is 7.90. The van der Waals surface area contributed by atoms with Crippen LogP contribution in [0.25, 0.3) is 10.4 Å². The van der Waals surface area contributed by atoms with E-state index in [0.29, 0.717) is 17.9 Å². The molecule has 0 bridgehead atoms. The second kappa shape index (κ2) is 8.82. The van der Waals surface area contributed by atoms with Gasteiger partial charge in [-0.05, 0) is 49.2 Å². The molecule has 3 N–H and O–H groups in total. The zero-order chi connectivity index (χ0) is 17.5. The SMILES string of the molecule is CC[C@H](COc1cc(C(N)=O)cc(-c2ccc(C)s2)c1)OCCO. The molecule has 1 aromatic heterocycles. The van der Waals surface area contributed by atoms with Crippen molar-refractivity contribution in [2.75, 3.05) is 19.8 Å². The molecule has 6 heteroatoms. The fourth-order valence-corrected chi connectivity index (χ4v) is 3.10. The fraction of sp³-hybridized carbons (Fsp3) is 0.389. The predicted octanol–water partition coefficient (Wildman–Crippen LogP) is 2.99. The van der Waals surface area contributed by atoms with Crippen LogP contribution in [-0.4, -0.2) is 36.9 Å². The Balaban J connectivity index is 2.19. The first kappa shape index (κ1) is 18.4. The van der Waals surface area contributed by atoms with Gasteiger partial charge in [-0.2, -0.15) is 0 Å². The monoisotopic (exact) mass is 349 g/mol. The van der Waals surface area contributed by atoms with E-state index in [2.05, 4.69) is 0 Å². The van der Waals surface area contributed by atoms with Gasteiger partial charge in [-0.15, -0.1) is 11.3 Å². The lowest BCUT2D eigenvalue weighted by Crippen LogP contribution is -2.22. The van der Waals surface area contributed by atoms with Gasteiger partial charge in [0.25, 0.3) is 0 Å².